The Morgan fingerprint density at radius 2 is 1.06 bits per heavy atom. The van der Waals surface area contributed by atoms with Gasteiger partial charge >= 0.3 is 0 Å². The summed E-state index contributed by atoms with van der Waals surface area (Å²) < 4.78 is 11.2. The normalized spacial score (nSPS) is 13.0. The molecule has 2 rings (SSSR count). The van der Waals surface area contributed by atoms with E-state index >= 15 is 0 Å². The molecule has 0 aliphatic rings. The summed E-state index contributed by atoms with van der Waals surface area (Å²) in [4.78, 5) is 19.9. The Morgan fingerprint density at radius 3 is 1.28 bits per heavy atom. The fourth-order valence-corrected chi connectivity index (χ4v) is 3.30. The first-order chi connectivity index (χ1) is 8.18. The van der Waals surface area contributed by atoms with Gasteiger partial charge in [-0.1, -0.05) is 0 Å². The summed E-state index contributed by atoms with van der Waals surface area (Å²) in [5.41, 5.74) is 0. The molecule has 0 amide bonds. The van der Waals surface area contributed by atoms with Crippen molar-refractivity contribution in [3.05, 3.63) is 24.3 Å². The van der Waals surface area contributed by atoms with Gasteiger partial charge in [0.1, 0.15) is 10.8 Å². The zero-order valence-corrected chi connectivity index (χ0v) is 13.0. The Hall–Kier alpha value is -1.09. The average Bonchev–Trinajstić information content (AvgIpc) is 2.84. The van der Waals surface area contributed by atoms with E-state index in [0.29, 0.717) is 22.3 Å². The van der Waals surface area contributed by atoms with Gasteiger partial charge in [0, 0.05) is 0 Å². The highest BCUT2D eigenvalue weighted by molar-refractivity contribution is 6.82. The van der Waals surface area contributed by atoms with E-state index in [2.05, 4.69) is 0 Å². The second-order valence-corrected chi connectivity index (χ2v) is 12.7. The molecule has 2 aromatic heterocycles. The molecule has 0 saturated heterocycles. The van der Waals surface area contributed by atoms with Crippen molar-refractivity contribution in [2.75, 3.05) is 0 Å². The predicted octanol–water partition coefficient (Wildman–Crippen LogP) is 1.35. The molecule has 0 saturated carbocycles. The zero-order chi connectivity index (χ0) is 13.6. The molecule has 4 nitrogen and oxygen atoms in total. The van der Waals surface area contributed by atoms with Crippen molar-refractivity contribution in [2.24, 2.45) is 0 Å². The first-order valence-corrected chi connectivity index (χ1v) is 11.7. The lowest BCUT2D eigenvalue weighted by atomic mass is 10.3. The van der Waals surface area contributed by atoms with Crippen LogP contribution in [0.1, 0.15) is 0 Å². The van der Waals surface area contributed by atoms with Crippen LogP contribution in [0.2, 0.25) is 26.2 Å². The maximum atomic E-state index is 9.97. The van der Waals surface area contributed by atoms with Crippen LogP contribution in [0.5, 0.6) is 0 Å². The molecule has 2 N–H and O–H groups in total. The molecule has 0 aliphatic carbocycles. The zero-order valence-electron chi connectivity index (χ0n) is 11.0. The van der Waals surface area contributed by atoms with E-state index in [1.54, 1.807) is 50.5 Å². The molecule has 98 valence electrons. The van der Waals surface area contributed by atoms with E-state index in [0.717, 1.165) is 0 Å². The smallest absolute Gasteiger partial charge is 0.254 e. The third kappa shape index (κ3) is 2.67. The number of hydrogen-bond acceptors (Lipinski definition) is 4. The molecule has 6 heteroatoms. The van der Waals surface area contributed by atoms with Gasteiger partial charge in [0.15, 0.2) is 11.5 Å². The largest absolute Gasteiger partial charge is 0.460 e. The van der Waals surface area contributed by atoms with Crippen molar-refractivity contribution in [3.63, 3.8) is 0 Å². The molecular formula is C12H18O4Si2. The minimum Gasteiger partial charge on any atom is -0.460 e. The first kappa shape index (κ1) is 13.3. The summed E-state index contributed by atoms with van der Waals surface area (Å²) in [6.45, 7) is 7.19. The number of rotatable bonds is 3. The highest BCUT2D eigenvalue weighted by Crippen LogP contribution is 2.20. The Labute approximate surface area is 108 Å². The Bertz CT molecular complexity index is 493. The second kappa shape index (κ2) is 4.23. The van der Waals surface area contributed by atoms with Crippen molar-refractivity contribution in [2.45, 2.75) is 26.2 Å². The van der Waals surface area contributed by atoms with Crippen molar-refractivity contribution < 1.29 is 18.4 Å². The van der Waals surface area contributed by atoms with Crippen LogP contribution in [0.3, 0.4) is 0 Å². The van der Waals surface area contributed by atoms with Gasteiger partial charge in [-0.3, -0.25) is 0 Å². The lowest BCUT2D eigenvalue weighted by Gasteiger charge is -2.09. The summed E-state index contributed by atoms with van der Waals surface area (Å²) in [6.07, 6.45) is 0. The molecule has 0 aromatic carbocycles. The van der Waals surface area contributed by atoms with E-state index < -0.39 is 16.6 Å². The molecule has 0 bridgehead atoms. The summed E-state index contributed by atoms with van der Waals surface area (Å²) >= 11 is 0. The van der Waals surface area contributed by atoms with Gasteiger partial charge in [-0.25, -0.2) is 0 Å². The van der Waals surface area contributed by atoms with Crippen molar-refractivity contribution in [1.29, 1.82) is 0 Å². The quantitative estimate of drug-likeness (QED) is 0.834. The molecule has 0 spiro atoms. The average molecular weight is 282 g/mol. The minimum atomic E-state index is -2.42. The molecule has 0 aliphatic heterocycles. The van der Waals surface area contributed by atoms with Gasteiger partial charge in [0.25, 0.3) is 16.6 Å². The highest BCUT2D eigenvalue weighted by atomic mass is 28.4. The Kier molecular flexibility index (Phi) is 3.14. The Morgan fingerprint density at radius 1 is 0.722 bits per heavy atom. The second-order valence-electron chi connectivity index (χ2n) is 5.45. The van der Waals surface area contributed by atoms with Crippen molar-refractivity contribution in [1.82, 2.24) is 0 Å². The lowest BCUT2D eigenvalue weighted by Crippen LogP contribution is -2.40. The molecule has 0 fully saturated rings. The van der Waals surface area contributed by atoms with Crippen LogP contribution in [0.4, 0.5) is 0 Å². The fraction of sp³-hybridized carbons (Fsp3) is 0.333. The van der Waals surface area contributed by atoms with E-state index in [-0.39, 0.29) is 0 Å². The van der Waals surface area contributed by atoms with Crippen LogP contribution in [0.15, 0.2) is 33.1 Å². The third-order valence-electron chi connectivity index (χ3n) is 2.66. The molecule has 0 atom stereocenters. The van der Waals surface area contributed by atoms with Gasteiger partial charge in [-0.2, -0.15) is 0 Å². The lowest BCUT2D eigenvalue weighted by molar-refractivity contribution is 0.510. The van der Waals surface area contributed by atoms with Crippen LogP contribution in [0.25, 0.3) is 11.5 Å². The number of hydrogen-bond donors (Lipinski definition) is 2. The Balaban J connectivity index is 2.33. The van der Waals surface area contributed by atoms with E-state index in [9.17, 15) is 9.59 Å². The van der Waals surface area contributed by atoms with Gasteiger partial charge in [0.2, 0.25) is 0 Å². The SMILES string of the molecule is C[Si](C)(O)c1ccc(-c2ccc([Si](C)(C)O)o2)o1. The molecule has 0 unspecified atom stereocenters. The molecule has 2 aromatic rings. The molecule has 18 heavy (non-hydrogen) atoms. The van der Waals surface area contributed by atoms with Gasteiger partial charge in [-0.15, -0.1) is 0 Å². The van der Waals surface area contributed by atoms with E-state index in [1.165, 1.54) is 0 Å². The maximum Gasteiger partial charge on any atom is 0.254 e. The van der Waals surface area contributed by atoms with Gasteiger partial charge < -0.3 is 18.4 Å². The fourth-order valence-electron chi connectivity index (χ4n) is 1.60. The van der Waals surface area contributed by atoms with Crippen LogP contribution < -0.4 is 10.8 Å². The van der Waals surface area contributed by atoms with E-state index in [4.69, 9.17) is 8.83 Å². The predicted molar refractivity (Wildman–Crippen MR) is 75.1 cm³/mol. The van der Waals surface area contributed by atoms with Gasteiger partial charge in [0.05, 0.1) is 0 Å². The molecule has 2 heterocycles. The van der Waals surface area contributed by atoms with E-state index in [1.807, 2.05) is 0 Å². The van der Waals surface area contributed by atoms with Crippen molar-refractivity contribution in [3.8, 4) is 11.5 Å². The molecule has 0 radical (unpaired) electrons. The first-order valence-electron chi connectivity index (χ1n) is 5.84. The monoisotopic (exact) mass is 282 g/mol. The summed E-state index contributed by atoms with van der Waals surface area (Å²) in [5, 5.41) is 1.24. The van der Waals surface area contributed by atoms with Crippen molar-refractivity contribution >= 4 is 27.4 Å². The van der Waals surface area contributed by atoms with Crippen LogP contribution in [-0.4, -0.2) is 26.2 Å². The minimum absolute atomic E-state index is 0.587. The summed E-state index contributed by atoms with van der Waals surface area (Å²) in [7, 11) is -4.85. The molecular weight excluding hydrogens is 264 g/mol. The van der Waals surface area contributed by atoms with Gasteiger partial charge in [-0.05, 0) is 50.5 Å². The summed E-state index contributed by atoms with van der Waals surface area (Å²) in [6, 6.07) is 7.14. The van der Waals surface area contributed by atoms with Crippen LogP contribution >= 0.6 is 0 Å². The standard InChI is InChI=1S/C12H18O4Si2/c1-17(2,13)11-7-5-9(15-11)10-6-8-12(16-10)18(3,4)14/h5-8,13-14H,1-4H3. The maximum absolute atomic E-state index is 9.97. The van der Waals surface area contributed by atoms with Crippen LogP contribution in [-0.2, 0) is 0 Å². The topological polar surface area (TPSA) is 66.7 Å². The number of furan rings is 2. The highest BCUT2D eigenvalue weighted by Gasteiger charge is 2.27. The summed E-state index contributed by atoms with van der Waals surface area (Å²) in [5.74, 6) is 1.17. The third-order valence-corrected chi connectivity index (χ3v) is 5.61. The van der Waals surface area contributed by atoms with Crippen LogP contribution in [0, 0.1) is 0 Å².